The van der Waals surface area contributed by atoms with Gasteiger partial charge in [0.05, 0.1) is 16.7 Å². The van der Waals surface area contributed by atoms with Crippen LogP contribution in [-0.2, 0) is 9.84 Å². The lowest BCUT2D eigenvalue weighted by Gasteiger charge is -2.10. The number of nitrogens with zero attached hydrogens (tertiary/aromatic N) is 2. The number of rotatable bonds is 4. The van der Waals surface area contributed by atoms with Crippen LogP contribution in [0.2, 0.25) is 0 Å². The molecule has 0 bridgehead atoms. The summed E-state index contributed by atoms with van der Waals surface area (Å²) in [5.41, 5.74) is 7.00. The molecule has 1 aromatic carbocycles. The minimum Gasteiger partial charge on any atom is -0.475 e. The smallest absolute Gasteiger partial charge is 0.223 e. The molecule has 0 aliphatic rings. The zero-order chi connectivity index (χ0) is 15.6. The van der Waals surface area contributed by atoms with Crippen molar-refractivity contribution >= 4 is 15.8 Å². The van der Waals surface area contributed by atoms with E-state index in [-0.39, 0.29) is 16.9 Å². The molecule has 2 aromatic rings. The van der Waals surface area contributed by atoms with E-state index in [1.165, 1.54) is 18.4 Å². The summed E-state index contributed by atoms with van der Waals surface area (Å²) in [6, 6.07) is 8.10. The third kappa shape index (κ3) is 3.91. The van der Waals surface area contributed by atoms with Gasteiger partial charge in [0.15, 0.2) is 9.84 Å². The first-order valence-electron chi connectivity index (χ1n) is 6.37. The van der Waals surface area contributed by atoms with Crippen LogP contribution in [0.5, 0.6) is 5.88 Å². The van der Waals surface area contributed by atoms with Crippen molar-refractivity contribution in [3.05, 3.63) is 30.3 Å². The number of nitrogen functional groups attached to an aromatic ring is 1. The summed E-state index contributed by atoms with van der Waals surface area (Å²) < 4.78 is 28.4. The molecule has 1 heterocycles. The summed E-state index contributed by atoms with van der Waals surface area (Å²) in [6.07, 6.45) is 1.14. The second-order valence-electron chi connectivity index (χ2n) is 4.91. The number of sulfone groups is 1. The Kier molecular flexibility index (Phi) is 4.13. The fraction of sp³-hybridized carbons (Fsp3) is 0.286. The summed E-state index contributed by atoms with van der Waals surface area (Å²) in [6.45, 7) is 3.78. The van der Waals surface area contributed by atoms with Crippen molar-refractivity contribution in [1.82, 2.24) is 9.97 Å². The Morgan fingerprint density at radius 1 is 1.14 bits per heavy atom. The fourth-order valence-electron chi connectivity index (χ4n) is 1.77. The lowest BCUT2D eigenvalue weighted by Crippen LogP contribution is -2.08. The van der Waals surface area contributed by atoms with Gasteiger partial charge in [-0.05, 0) is 26.0 Å². The van der Waals surface area contributed by atoms with Gasteiger partial charge < -0.3 is 10.5 Å². The standard InChI is InChI=1S/C14H17N3O3S/c1-9(2)20-13-8-12(16-14(15)17-13)10-4-6-11(7-5-10)21(3,18)19/h4-9H,1-3H3,(H2,15,16,17). The molecule has 0 unspecified atom stereocenters. The van der Waals surface area contributed by atoms with Gasteiger partial charge in [0.25, 0.3) is 0 Å². The topological polar surface area (TPSA) is 95.2 Å². The normalized spacial score (nSPS) is 11.6. The summed E-state index contributed by atoms with van der Waals surface area (Å²) in [7, 11) is -3.22. The van der Waals surface area contributed by atoms with Gasteiger partial charge in [-0.2, -0.15) is 4.98 Å². The highest BCUT2D eigenvalue weighted by molar-refractivity contribution is 7.90. The van der Waals surface area contributed by atoms with Crippen LogP contribution in [-0.4, -0.2) is 30.7 Å². The van der Waals surface area contributed by atoms with Crippen LogP contribution < -0.4 is 10.5 Å². The summed E-state index contributed by atoms with van der Waals surface area (Å²) >= 11 is 0. The highest BCUT2D eigenvalue weighted by atomic mass is 32.2. The Morgan fingerprint density at radius 3 is 2.29 bits per heavy atom. The van der Waals surface area contributed by atoms with Crippen molar-refractivity contribution in [2.75, 3.05) is 12.0 Å². The van der Waals surface area contributed by atoms with Gasteiger partial charge in [0.2, 0.25) is 11.8 Å². The SMILES string of the molecule is CC(C)Oc1cc(-c2ccc(S(C)(=O)=O)cc2)nc(N)n1. The highest BCUT2D eigenvalue weighted by Crippen LogP contribution is 2.23. The summed E-state index contributed by atoms with van der Waals surface area (Å²) in [5.74, 6) is 0.495. The largest absolute Gasteiger partial charge is 0.475 e. The Labute approximate surface area is 123 Å². The lowest BCUT2D eigenvalue weighted by molar-refractivity contribution is 0.233. The van der Waals surface area contributed by atoms with E-state index >= 15 is 0 Å². The minimum absolute atomic E-state index is 0.0280. The second-order valence-corrected chi connectivity index (χ2v) is 6.93. The average Bonchev–Trinajstić information content (AvgIpc) is 2.36. The Hall–Kier alpha value is -2.15. The average molecular weight is 307 g/mol. The molecule has 112 valence electrons. The van der Waals surface area contributed by atoms with E-state index in [2.05, 4.69) is 9.97 Å². The van der Waals surface area contributed by atoms with Gasteiger partial charge in [-0.15, -0.1) is 0 Å². The van der Waals surface area contributed by atoms with Crippen LogP contribution in [0, 0.1) is 0 Å². The van der Waals surface area contributed by atoms with Crippen LogP contribution in [0.1, 0.15) is 13.8 Å². The summed E-state index contributed by atoms with van der Waals surface area (Å²) in [4.78, 5) is 8.40. The number of aromatic nitrogens is 2. The molecule has 1 aromatic heterocycles. The van der Waals surface area contributed by atoms with Crippen molar-refractivity contribution in [2.24, 2.45) is 0 Å². The van der Waals surface area contributed by atoms with Crippen molar-refractivity contribution < 1.29 is 13.2 Å². The first-order chi connectivity index (χ1) is 9.75. The van der Waals surface area contributed by atoms with E-state index in [9.17, 15) is 8.42 Å². The molecule has 0 radical (unpaired) electrons. The van der Waals surface area contributed by atoms with Crippen molar-refractivity contribution in [3.63, 3.8) is 0 Å². The van der Waals surface area contributed by atoms with Gasteiger partial charge >= 0.3 is 0 Å². The predicted molar refractivity (Wildman–Crippen MR) is 80.8 cm³/mol. The molecule has 0 saturated carbocycles. The third-order valence-corrected chi connectivity index (χ3v) is 3.78. The maximum absolute atomic E-state index is 11.4. The molecule has 0 amide bonds. The van der Waals surface area contributed by atoms with Crippen LogP contribution in [0.4, 0.5) is 5.95 Å². The monoisotopic (exact) mass is 307 g/mol. The Morgan fingerprint density at radius 2 is 1.76 bits per heavy atom. The second kappa shape index (κ2) is 5.69. The molecule has 0 aliphatic carbocycles. The molecular formula is C14H17N3O3S. The molecule has 6 nitrogen and oxygen atoms in total. The molecule has 7 heteroatoms. The molecular weight excluding hydrogens is 290 g/mol. The van der Waals surface area contributed by atoms with Crippen LogP contribution >= 0.6 is 0 Å². The number of hydrogen-bond donors (Lipinski definition) is 1. The number of hydrogen-bond acceptors (Lipinski definition) is 6. The number of nitrogens with two attached hydrogens (primary N) is 1. The van der Waals surface area contributed by atoms with E-state index < -0.39 is 9.84 Å². The first-order valence-corrected chi connectivity index (χ1v) is 8.26. The number of ether oxygens (including phenoxy) is 1. The zero-order valence-corrected chi connectivity index (χ0v) is 12.9. The van der Waals surface area contributed by atoms with E-state index in [0.29, 0.717) is 11.6 Å². The highest BCUT2D eigenvalue weighted by Gasteiger charge is 2.10. The zero-order valence-electron chi connectivity index (χ0n) is 12.1. The molecule has 0 spiro atoms. The predicted octanol–water partition coefficient (Wildman–Crippen LogP) is 1.92. The molecule has 0 fully saturated rings. The van der Waals surface area contributed by atoms with Gasteiger partial charge in [-0.25, -0.2) is 13.4 Å². The molecule has 0 aliphatic heterocycles. The molecule has 0 saturated heterocycles. The van der Waals surface area contributed by atoms with Gasteiger partial charge in [0.1, 0.15) is 0 Å². The van der Waals surface area contributed by atoms with E-state index in [4.69, 9.17) is 10.5 Å². The lowest BCUT2D eigenvalue weighted by atomic mass is 10.1. The van der Waals surface area contributed by atoms with Crippen molar-refractivity contribution in [3.8, 4) is 17.1 Å². The van der Waals surface area contributed by atoms with Crippen LogP contribution in [0.25, 0.3) is 11.3 Å². The van der Waals surface area contributed by atoms with Gasteiger partial charge in [0, 0.05) is 17.9 Å². The summed E-state index contributed by atoms with van der Waals surface area (Å²) in [5, 5.41) is 0. The maximum Gasteiger partial charge on any atom is 0.223 e. The number of anilines is 1. The third-order valence-electron chi connectivity index (χ3n) is 2.65. The van der Waals surface area contributed by atoms with E-state index in [1.54, 1.807) is 18.2 Å². The Bertz CT molecular complexity index is 741. The Balaban J connectivity index is 2.40. The maximum atomic E-state index is 11.4. The molecule has 0 atom stereocenters. The fourth-order valence-corrected chi connectivity index (χ4v) is 2.40. The van der Waals surface area contributed by atoms with Crippen LogP contribution in [0.15, 0.2) is 35.2 Å². The van der Waals surface area contributed by atoms with Crippen molar-refractivity contribution in [2.45, 2.75) is 24.8 Å². The van der Waals surface area contributed by atoms with Crippen LogP contribution in [0.3, 0.4) is 0 Å². The van der Waals surface area contributed by atoms with Crippen molar-refractivity contribution in [1.29, 1.82) is 0 Å². The van der Waals surface area contributed by atoms with E-state index in [1.807, 2.05) is 13.8 Å². The molecule has 2 N–H and O–H groups in total. The molecule has 21 heavy (non-hydrogen) atoms. The van der Waals surface area contributed by atoms with E-state index in [0.717, 1.165) is 5.56 Å². The quantitative estimate of drug-likeness (QED) is 0.927. The minimum atomic E-state index is -3.22. The first kappa shape index (κ1) is 15.2. The van der Waals surface area contributed by atoms with Gasteiger partial charge in [-0.1, -0.05) is 12.1 Å². The molecule has 2 rings (SSSR count). The van der Waals surface area contributed by atoms with Gasteiger partial charge in [-0.3, -0.25) is 0 Å². The number of benzene rings is 1.